The van der Waals surface area contributed by atoms with E-state index in [1.807, 2.05) is 44.2 Å². The Labute approximate surface area is 143 Å². The SMILES string of the molecule is CCOc1ccc(OCC)c(NC(N)=NCc2cccc(C)c2)c1. The van der Waals surface area contributed by atoms with Gasteiger partial charge in [0.2, 0.25) is 0 Å². The van der Waals surface area contributed by atoms with Crippen LogP contribution in [0.1, 0.15) is 25.0 Å². The summed E-state index contributed by atoms with van der Waals surface area (Å²) >= 11 is 0. The predicted octanol–water partition coefficient (Wildman–Crippen LogP) is 3.72. The van der Waals surface area contributed by atoms with Crippen LogP contribution in [0, 0.1) is 6.92 Å². The molecule has 2 aromatic carbocycles. The molecule has 0 fully saturated rings. The fourth-order valence-electron chi connectivity index (χ4n) is 2.31. The van der Waals surface area contributed by atoms with Crippen molar-refractivity contribution in [1.82, 2.24) is 0 Å². The Morgan fingerprint density at radius 3 is 2.58 bits per heavy atom. The van der Waals surface area contributed by atoms with Crippen molar-refractivity contribution in [1.29, 1.82) is 0 Å². The average molecular weight is 327 g/mol. The zero-order chi connectivity index (χ0) is 17.4. The van der Waals surface area contributed by atoms with E-state index in [-0.39, 0.29) is 0 Å². The zero-order valence-corrected chi connectivity index (χ0v) is 14.5. The van der Waals surface area contributed by atoms with Gasteiger partial charge in [-0.2, -0.15) is 0 Å². The van der Waals surface area contributed by atoms with Crippen molar-refractivity contribution in [3.63, 3.8) is 0 Å². The average Bonchev–Trinajstić information content (AvgIpc) is 2.56. The highest BCUT2D eigenvalue weighted by Crippen LogP contribution is 2.29. The highest BCUT2D eigenvalue weighted by atomic mass is 16.5. The summed E-state index contributed by atoms with van der Waals surface area (Å²) in [6.07, 6.45) is 0. The molecule has 0 bridgehead atoms. The smallest absolute Gasteiger partial charge is 0.193 e. The van der Waals surface area contributed by atoms with Gasteiger partial charge < -0.3 is 20.5 Å². The van der Waals surface area contributed by atoms with Crippen molar-refractivity contribution in [2.75, 3.05) is 18.5 Å². The molecule has 2 aromatic rings. The second-order valence-electron chi connectivity index (χ2n) is 5.34. The molecule has 2 rings (SSSR count). The molecule has 0 unspecified atom stereocenters. The normalized spacial score (nSPS) is 11.2. The minimum absolute atomic E-state index is 0.339. The van der Waals surface area contributed by atoms with Crippen LogP contribution in [0.3, 0.4) is 0 Å². The number of hydrogen-bond donors (Lipinski definition) is 2. The molecular formula is C19H25N3O2. The lowest BCUT2D eigenvalue weighted by atomic mass is 10.1. The van der Waals surface area contributed by atoms with E-state index < -0.39 is 0 Å². The van der Waals surface area contributed by atoms with Gasteiger partial charge in [-0.25, -0.2) is 4.99 Å². The lowest BCUT2D eigenvalue weighted by Gasteiger charge is -2.14. The first-order valence-corrected chi connectivity index (χ1v) is 8.14. The number of ether oxygens (including phenoxy) is 2. The fourth-order valence-corrected chi connectivity index (χ4v) is 2.31. The molecule has 0 aliphatic heterocycles. The lowest BCUT2D eigenvalue weighted by molar-refractivity contribution is 0.332. The van der Waals surface area contributed by atoms with Crippen molar-refractivity contribution < 1.29 is 9.47 Å². The van der Waals surface area contributed by atoms with Crippen molar-refractivity contribution in [2.45, 2.75) is 27.3 Å². The third kappa shape index (κ3) is 5.19. The summed E-state index contributed by atoms with van der Waals surface area (Å²) in [7, 11) is 0. The van der Waals surface area contributed by atoms with Crippen LogP contribution in [0.2, 0.25) is 0 Å². The molecule has 0 saturated carbocycles. The van der Waals surface area contributed by atoms with Gasteiger partial charge in [0.1, 0.15) is 11.5 Å². The molecule has 0 radical (unpaired) electrons. The van der Waals surface area contributed by atoms with Gasteiger partial charge in [-0.1, -0.05) is 29.8 Å². The summed E-state index contributed by atoms with van der Waals surface area (Å²) in [5, 5.41) is 3.10. The van der Waals surface area contributed by atoms with Gasteiger partial charge in [-0.05, 0) is 38.5 Å². The highest BCUT2D eigenvalue weighted by Gasteiger charge is 2.07. The lowest BCUT2D eigenvalue weighted by Crippen LogP contribution is -2.23. The quantitative estimate of drug-likeness (QED) is 0.601. The monoisotopic (exact) mass is 327 g/mol. The Bertz CT molecular complexity index is 699. The minimum Gasteiger partial charge on any atom is -0.494 e. The number of hydrogen-bond acceptors (Lipinski definition) is 3. The van der Waals surface area contributed by atoms with Gasteiger partial charge >= 0.3 is 0 Å². The molecule has 0 heterocycles. The van der Waals surface area contributed by atoms with Crippen LogP contribution in [0.25, 0.3) is 0 Å². The van der Waals surface area contributed by atoms with E-state index >= 15 is 0 Å². The summed E-state index contributed by atoms with van der Waals surface area (Å²) in [6, 6.07) is 13.8. The van der Waals surface area contributed by atoms with E-state index in [0.717, 1.165) is 22.7 Å². The van der Waals surface area contributed by atoms with E-state index in [0.29, 0.717) is 25.7 Å². The fraction of sp³-hybridized carbons (Fsp3) is 0.316. The second kappa shape index (κ2) is 8.82. The molecule has 0 atom stereocenters. The molecule has 24 heavy (non-hydrogen) atoms. The van der Waals surface area contributed by atoms with Crippen LogP contribution in [-0.2, 0) is 6.54 Å². The Hall–Kier alpha value is -2.69. The van der Waals surface area contributed by atoms with Crippen LogP contribution in [0.4, 0.5) is 5.69 Å². The van der Waals surface area contributed by atoms with Crippen LogP contribution in [0.5, 0.6) is 11.5 Å². The maximum atomic E-state index is 6.02. The van der Waals surface area contributed by atoms with Gasteiger partial charge in [0.15, 0.2) is 5.96 Å². The summed E-state index contributed by atoms with van der Waals surface area (Å²) in [5.41, 5.74) is 9.09. The van der Waals surface area contributed by atoms with E-state index in [1.54, 1.807) is 0 Å². The van der Waals surface area contributed by atoms with Crippen LogP contribution in [0.15, 0.2) is 47.5 Å². The number of guanidine groups is 1. The van der Waals surface area contributed by atoms with E-state index in [1.165, 1.54) is 5.56 Å². The van der Waals surface area contributed by atoms with Crippen LogP contribution in [-0.4, -0.2) is 19.2 Å². The number of benzene rings is 2. The van der Waals surface area contributed by atoms with Crippen LogP contribution < -0.4 is 20.5 Å². The number of aryl methyl sites for hydroxylation is 1. The van der Waals surface area contributed by atoms with Gasteiger partial charge in [-0.3, -0.25) is 0 Å². The third-order valence-corrected chi connectivity index (χ3v) is 3.34. The number of nitrogens with two attached hydrogens (primary N) is 1. The predicted molar refractivity (Wildman–Crippen MR) is 98.9 cm³/mol. The van der Waals surface area contributed by atoms with Crippen molar-refractivity contribution in [3.8, 4) is 11.5 Å². The minimum atomic E-state index is 0.339. The second-order valence-corrected chi connectivity index (χ2v) is 5.34. The summed E-state index contributed by atoms with van der Waals surface area (Å²) in [4.78, 5) is 4.39. The van der Waals surface area contributed by atoms with Gasteiger partial charge in [0, 0.05) is 6.07 Å². The number of nitrogens with one attached hydrogen (secondary N) is 1. The maximum absolute atomic E-state index is 6.02. The standard InChI is InChI=1S/C19H25N3O2/c1-4-23-16-9-10-18(24-5-2)17(12-16)22-19(20)21-13-15-8-6-7-14(3)11-15/h6-12H,4-5,13H2,1-3H3,(H3,20,21,22). The molecule has 0 saturated heterocycles. The molecule has 128 valence electrons. The zero-order valence-electron chi connectivity index (χ0n) is 14.5. The summed E-state index contributed by atoms with van der Waals surface area (Å²) in [5.74, 6) is 1.82. The number of nitrogens with zero attached hydrogens (tertiary/aromatic N) is 1. The molecule has 5 nitrogen and oxygen atoms in total. The summed E-state index contributed by atoms with van der Waals surface area (Å²) in [6.45, 7) is 7.64. The van der Waals surface area contributed by atoms with Crippen LogP contribution >= 0.6 is 0 Å². The summed E-state index contributed by atoms with van der Waals surface area (Å²) < 4.78 is 11.1. The molecule has 0 spiro atoms. The molecule has 3 N–H and O–H groups in total. The first kappa shape index (κ1) is 17.7. The Kier molecular flexibility index (Phi) is 6.49. The highest BCUT2D eigenvalue weighted by molar-refractivity contribution is 5.94. The molecule has 0 aliphatic rings. The van der Waals surface area contributed by atoms with Crippen molar-refractivity contribution in [2.24, 2.45) is 10.7 Å². The largest absolute Gasteiger partial charge is 0.494 e. The molecule has 0 aromatic heterocycles. The van der Waals surface area contributed by atoms with E-state index in [4.69, 9.17) is 15.2 Å². The number of aliphatic imine (C=N–C) groups is 1. The van der Waals surface area contributed by atoms with Gasteiger partial charge in [0.25, 0.3) is 0 Å². The molecule has 0 amide bonds. The van der Waals surface area contributed by atoms with Crippen molar-refractivity contribution in [3.05, 3.63) is 53.6 Å². The first-order chi connectivity index (χ1) is 11.6. The molecule has 0 aliphatic carbocycles. The third-order valence-electron chi connectivity index (χ3n) is 3.34. The van der Waals surface area contributed by atoms with Gasteiger partial charge in [-0.15, -0.1) is 0 Å². The Morgan fingerprint density at radius 2 is 1.88 bits per heavy atom. The maximum Gasteiger partial charge on any atom is 0.193 e. The number of rotatable bonds is 7. The molecule has 5 heteroatoms. The van der Waals surface area contributed by atoms with Gasteiger partial charge in [0.05, 0.1) is 25.4 Å². The Balaban J connectivity index is 2.12. The number of anilines is 1. The van der Waals surface area contributed by atoms with E-state index in [9.17, 15) is 0 Å². The topological polar surface area (TPSA) is 68.9 Å². The first-order valence-electron chi connectivity index (χ1n) is 8.14. The molecular weight excluding hydrogens is 302 g/mol. The van der Waals surface area contributed by atoms with E-state index in [2.05, 4.69) is 29.4 Å². The van der Waals surface area contributed by atoms with Crippen molar-refractivity contribution >= 4 is 11.6 Å². The Morgan fingerprint density at radius 1 is 1.08 bits per heavy atom.